The standard InChI is InChI=1S/C30H36O4/c1-9-29(5,6)27(31)21-11-13-22(14-12-21)28(32)33-23-15-19(3)26-18-24(34-30(7,8)10-2)16-20(4)25(26)17-23/h11-18H,9-10H2,1-8H3. The Balaban J connectivity index is 1.84. The third-order valence-electron chi connectivity index (χ3n) is 6.77. The van der Waals surface area contributed by atoms with Gasteiger partial charge in [0.15, 0.2) is 5.78 Å². The number of carbonyl (C=O) groups is 2. The first-order chi connectivity index (χ1) is 15.9. The van der Waals surface area contributed by atoms with Crippen LogP contribution in [-0.2, 0) is 0 Å². The van der Waals surface area contributed by atoms with Crippen molar-refractivity contribution >= 4 is 22.5 Å². The molecule has 0 fully saturated rings. The van der Waals surface area contributed by atoms with Crippen molar-refractivity contribution in [3.63, 3.8) is 0 Å². The fourth-order valence-corrected chi connectivity index (χ4v) is 3.74. The predicted molar refractivity (Wildman–Crippen MR) is 138 cm³/mol. The lowest BCUT2D eigenvalue weighted by atomic mass is 9.82. The number of ketones is 1. The van der Waals surface area contributed by atoms with Gasteiger partial charge in [-0.15, -0.1) is 0 Å². The van der Waals surface area contributed by atoms with E-state index in [-0.39, 0.29) is 11.4 Å². The highest BCUT2D eigenvalue weighted by molar-refractivity contribution is 6.01. The van der Waals surface area contributed by atoms with E-state index in [9.17, 15) is 9.59 Å². The Labute approximate surface area is 203 Å². The summed E-state index contributed by atoms with van der Waals surface area (Å²) in [7, 11) is 0. The van der Waals surface area contributed by atoms with Crippen molar-refractivity contribution in [1.29, 1.82) is 0 Å². The van der Waals surface area contributed by atoms with Crippen molar-refractivity contribution in [2.24, 2.45) is 5.41 Å². The summed E-state index contributed by atoms with van der Waals surface area (Å²) < 4.78 is 11.9. The second-order valence-corrected chi connectivity index (χ2v) is 10.3. The van der Waals surface area contributed by atoms with Gasteiger partial charge in [-0.05, 0) is 98.8 Å². The van der Waals surface area contributed by atoms with Crippen LogP contribution in [0.25, 0.3) is 10.8 Å². The molecular formula is C30H36O4. The first kappa shape index (κ1) is 25.5. The zero-order valence-corrected chi connectivity index (χ0v) is 21.7. The molecule has 3 aromatic carbocycles. The van der Waals surface area contributed by atoms with Gasteiger partial charge in [-0.1, -0.05) is 39.8 Å². The first-order valence-electron chi connectivity index (χ1n) is 12.0. The van der Waals surface area contributed by atoms with Crippen LogP contribution in [0.1, 0.15) is 86.2 Å². The van der Waals surface area contributed by atoms with E-state index >= 15 is 0 Å². The van der Waals surface area contributed by atoms with Crippen LogP contribution in [0.2, 0.25) is 0 Å². The van der Waals surface area contributed by atoms with Crippen LogP contribution in [0.5, 0.6) is 11.5 Å². The minimum absolute atomic E-state index is 0.0706. The molecule has 0 bridgehead atoms. The molecule has 0 spiro atoms. The third kappa shape index (κ3) is 5.49. The number of hydrogen-bond acceptors (Lipinski definition) is 4. The van der Waals surface area contributed by atoms with Crippen molar-refractivity contribution < 1.29 is 19.1 Å². The van der Waals surface area contributed by atoms with Crippen LogP contribution in [-0.4, -0.2) is 17.4 Å². The Hall–Kier alpha value is -3.14. The number of benzene rings is 3. The molecule has 0 aromatic heterocycles. The van der Waals surface area contributed by atoms with Gasteiger partial charge in [-0.2, -0.15) is 0 Å². The lowest BCUT2D eigenvalue weighted by Crippen LogP contribution is -2.26. The Morgan fingerprint density at radius 1 is 0.735 bits per heavy atom. The van der Waals surface area contributed by atoms with Gasteiger partial charge in [0.1, 0.15) is 17.1 Å². The van der Waals surface area contributed by atoms with Gasteiger partial charge in [0.25, 0.3) is 0 Å². The van der Waals surface area contributed by atoms with E-state index in [0.717, 1.165) is 40.5 Å². The Bertz CT molecular complexity index is 1220. The largest absolute Gasteiger partial charge is 0.488 e. The molecule has 180 valence electrons. The van der Waals surface area contributed by atoms with Crippen molar-refractivity contribution in [3.05, 3.63) is 70.8 Å². The van der Waals surface area contributed by atoms with Crippen LogP contribution in [0.4, 0.5) is 0 Å². The quantitative estimate of drug-likeness (QED) is 0.195. The summed E-state index contributed by atoms with van der Waals surface area (Å²) in [5, 5.41) is 2.09. The van der Waals surface area contributed by atoms with E-state index in [0.29, 0.717) is 16.9 Å². The van der Waals surface area contributed by atoms with Gasteiger partial charge in [0.05, 0.1) is 5.56 Å². The van der Waals surface area contributed by atoms with Crippen molar-refractivity contribution in [2.75, 3.05) is 0 Å². The van der Waals surface area contributed by atoms with Crippen LogP contribution in [0.3, 0.4) is 0 Å². The Morgan fingerprint density at radius 2 is 1.24 bits per heavy atom. The highest BCUT2D eigenvalue weighted by atomic mass is 16.5. The van der Waals surface area contributed by atoms with E-state index < -0.39 is 11.4 Å². The van der Waals surface area contributed by atoms with Gasteiger partial charge in [-0.3, -0.25) is 4.79 Å². The molecule has 0 saturated carbocycles. The van der Waals surface area contributed by atoms with E-state index in [2.05, 4.69) is 20.8 Å². The molecule has 0 saturated heterocycles. The Morgan fingerprint density at radius 3 is 1.76 bits per heavy atom. The van der Waals surface area contributed by atoms with Gasteiger partial charge in [0, 0.05) is 11.0 Å². The van der Waals surface area contributed by atoms with Crippen molar-refractivity contribution in [2.45, 2.75) is 73.8 Å². The summed E-state index contributed by atoms with van der Waals surface area (Å²) in [5.74, 6) is 0.953. The molecule has 0 N–H and O–H groups in total. The highest BCUT2D eigenvalue weighted by Crippen LogP contribution is 2.33. The molecule has 0 atom stereocenters. The highest BCUT2D eigenvalue weighted by Gasteiger charge is 2.26. The molecule has 0 amide bonds. The number of rotatable bonds is 8. The average Bonchev–Trinajstić information content (AvgIpc) is 2.79. The average molecular weight is 461 g/mol. The molecule has 4 heteroatoms. The van der Waals surface area contributed by atoms with Gasteiger partial charge in [0.2, 0.25) is 0 Å². The maximum atomic E-state index is 12.8. The summed E-state index contributed by atoms with van der Waals surface area (Å²) in [6.07, 6.45) is 1.66. The van der Waals surface area contributed by atoms with Gasteiger partial charge in [-0.25, -0.2) is 4.79 Å². The number of ether oxygens (including phenoxy) is 2. The summed E-state index contributed by atoms with van der Waals surface area (Å²) in [6, 6.07) is 14.5. The van der Waals surface area contributed by atoms with E-state index in [1.165, 1.54) is 0 Å². The van der Waals surface area contributed by atoms with Crippen LogP contribution < -0.4 is 9.47 Å². The topological polar surface area (TPSA) is 52.6 Å². The van der Waals surface area contributed by atoms with Crippen LogP contribution in [0.15, 0.2) is 48.5 Å². The SMILES string of the molecule is CCC(C)(C)Oc1cc(C)c2cc(OC(=O)c3ccc(C(=O)C(C)(C)CC)cc3)cc(C)c2c1. The summed E-state index contributed by atoms with van der Waals surface area (Å²) >= 11 is 0. The second-order valence-electron chi connectivity index (χ2n) is 10.3. The molecule has 3 aromatic rings. The number of esters is 1. The van der Waals surface area contributed by atoms with E-state index in [4.69, 9.17) is 9.47 Å². The zero-order chi connectivity index (χ0) is 25.3. The lowest BCUT2D eigenvalue weighted by molar-refractivity contribution is 0.0733. The van der Waals surface area contributed by atoms with Gasteiger partial charge < -0.3 is 9.47 Å². The summed E-state index contributed by atoms with van der Waals surface area (Å²) in [6.45, 7) is 16.2. The molecule has 0 aliphatic heterocycles. The molecule has 0 aliphatic rings. The Kier molecular flexibility index (Phi) is 7.21. The van der Waals surface area contributed by atoms with Gasteiger partial charge >= 0.3 is 5.97 Å². The molecule has 34 heavy (non-hydrogen) atoms. The lowest BCUT2D eigenvalue weighted by Gasteiger charge is -2.25. The second kappa shape index (κ2) is 9.61. The zero-order valence-electron chi connectivity index (χ0n) is 21.7. The number of carbonyl (C=O) groups excluding carboxylic acids is 2. The first-order valence-corrected chi connectivity index (χ1v) is 12.0. The fraction of sp³-hybridized carbons (Fsp3) is 0.400. The number of Topliss-reactive ketones (excluding diaryl/α,β-unsaturated/α-hetero) is 1. The summed E-state index contributed by atoms with van der Waals surface area (Å²) in [5.41, 5.74) is 2.40. The smallest absolute Gasteiger partial charge is 0.343 e. The maximum absolute atomic E-state index is 12.8. The monoisotopic (exact) mass is 460 g/mol. The summed E-state index contributed by atoms with van der Waals surface area (Å²) in [4.78, 5) is 25.5. The fourth-order valence-electron chi connectivity index (χ4n) is 3.74. The molecule has 0 heterocycles. The molecular weight excluding hydrogens is 424 g/mol. The molecule has 3 rings (SSSR count). The van der Waals surface area contributed by atoms with Crippen LogP contribution in [0, 0.1) is 19.3 Å². The number of aryl methyl sites for hydroxylation is 2. The maximum Gasteiger partial charge on any atom is 0.343 e. The van der Waals surface area contributed by atoms with Crippen molar-refractivity contribution in [1.82, 2.24) is 0 Å². The minimum Gasteiger partial charge on any atom is -0.488 e. The van der Waals surface area contributed by atoms with E-state index in [1.54, 1.807) is 24.3 Å². The normalized spacial score (nSPS) is 12.0. The number of hydrogen-bond donors (Lipinski definition) is 0. The van der Waals surface area contributed by atoms with E-state index in [1.807, 2.05) is 58.9 Å². The van der Waals surface area contributed by atoms with Crippen molar-refractivity contribution in [3.8, 4) is 11.5 Å². The molecule has 4 nitrogen and oxygen atoms in total. The van der Waals surface area contributed by atoms with Crippen LogP contribution >= 0.6 is 0 Å². The molecule has 0 radical (unpaired) electrons. The minimum atomic E-state index is -0.449. The third-order valence-corrected chi connectivity index (χ3v) is 6.77. The predicted octanol–water partition coefficient (Wildman–Crippen LogP) is 7.86. The molecule has 0 unspecified atom stereocenters. The number of fused-ring (bicyclic) bond motifs is 1. The molecule has 0 aliphatic carbocycles.